The lowest BCUT2D eigenvalue weighted by Gasteiger charge is -2.25. The van der Waals surface area contributed by atoms with E-state index >= 15 is 0 Å². The van der Waals surface area contributed by atoms with Crippen molar-refractivity contribution in [3.8, 4) is 11.3 Å². The van der Waals surface area contributed by atoms with Crippen molar-refractivity contribution < 1.29 is 4.79 Å². The highest BCUT2D eigenvalue weighted by Crippen LogP contribution is 2.34. The summed E-state index contributed by atoms with van der Waals surface area (Å²) in [7, 11) is 0. The van der Waals surface area contributed by atoms with Crippen LogP contribution in [-0.4, -0.2) is 38.6 Å². The Hall–Kier alpha value is -3.26. The fraction of sp³-hybridized carbons (Fsp3) is 0.238. The lowest BCUT2D eigenvalue weighted by atomic mass is 10.1. The Morgan fingerprint density at radius 1 is 1.00 bits per heavy atom. The molecule has 1 saturated heterocycles. The molecule has 1 aliphatic heterocycles. The number of pyridine rings is 1. The van der Waals surface area contributed by atoms with Gasteiger partial charge in [-0.2, -0.15) is 4.52 Å². The molecule has 0 spiro atoms. The van der Waals surface area contributed by atoms with E-state index in [-0.39, 0.29) is 5.91 Å². The van der Waals surface area contributed by atoms with Gasteiger partial charge >= 0.3 is 0 Å². The molecule has 1 fully saturated rings. The van der Waals surface area contributed by atoms with E-state index in [0.717, 1.165) is 28.7 Å². The molecule has 0 unspecified atom stereocenters. The molecule has 0 radical (unpaired) electrons. The molecule has 4 heterocycles. The van der Waals surface area contributed by atoms with Crippen molar-refractivity contribution in [3.05, 3.63) is 60.4 Å². The Labute approximate surface area is 172 Å². The number of hydrogen-bond donors (Lipinski definition) is 1. The molecule has 5 rings (SSSR count). The van der Waals surface area contributed by atoms with Crippen LogP contribution in [0.1, 0.15) is 29.8 Å². The van der Waals surface area contributed by atoms with E-state index in [2.05, 4.69) is 15.2 Å². The monoisotopic (exact) mass is 404 g/mol. The summed E-state index contributed by atoms with van der Waals surface area (Å²) in [6.07, 6.45) is 5.24. The summed E-state index contributed by atoms with van der Waals surface area (Å²) in [6, 6.07) is 15.1. The molecule has 0 bridgehead atoms. The average molecular weight is 404 g/mol. The lowest BCUT2D eigenvalue weighted by molar-refractivity contribution is 0.102. The number of piperidine rings is 1. The van der Waals surface area contributed by atoms with E-state index in [9.17, 15) is 4.79 Å². The van der Waals surface area contributed by atoms with Gasteiger partial charge in [0.15, 0.2) is 5.82 Å². The third kappa shape index (κ3) is 3.47. The standard InChI is InChI=1S/C21H20N6OS/c28-19(16-11-5-6-12-22-16)24-18-17(15-9-3-1-4-10-15)23-20-27(18)25-21(29-20)26-13-7-2-8-14-26/h1,3-6,9-12H,2,7-8,13-14H2,(H,24,28). The van der Waals surface area contributed by atoms with Gasteiger partial charge in [-0.05, 0) is 31.4 Å². The van der Waals surface area contributed by atoms with Gasteiger partial charge in [-0.25, -0.2) is 4.98 Å². The number of nitrogens with zero attached hydrogens (tertiary/aromatic N) is 5. The van der Waals surface area contributed by atoms with E-state index in [1.807, 2.05) is 30.3 Å². The van der Waals surface area contributed by atoms with Crippen molar-refractivity contribution in [2.24, 2.45) is 0 Å². The van der Waals surface area contributed by atoms with Gasteiger partial charge < -0.3 is 10.2 Å². The Balaban J connectivity index is 1.57. The second-order valence-electron chi connectivity index (χ2n) is 6.97. The quantitative estimate of drug-likeness (QED) is 0.554. The lowest BCUT2D eigenvalue weighted by Crippen LogP contribution is -2.29. The van der Waals surface area contributed by atoms with Crippen molar-refractivity contribution in [1.29, 1.82) is 0 Å². The SMILES string of the molecule is O=C(Nc1c(-c2ccccc2)nc2sc(N3CCCCC3)nn12)c1ccccn1. The number of amides is 1. The number of nitrogens with one attached hydrogen (secondary N) is 1. The minimum Gasteiger partial charge on any atom is -0.347 e. The minimum absolute atomic E-state index is 0.280. The molecule has 1 N–H and O–H groups in total. The number of benzene rings is 1. The number of carbonyl (C=O) groups excluding carboxylic acids is 1. The molecule has 0 aliphatic carbocycles. The first-order chi connectivity index (χ1) is 14.3. The Morgan fingerprint density at radius 3 is 2.55 bits per heavy atom. The number of carbonyl (C=O) groups is 1. The number of fused-ring (bicyclic) bond motifs is 1. The van der Waals surface area contributed by atoms with E-state index in [0.29, 0.717) is 17.2 Å². The average Bonchev–Trinajstić information content (AvgIpc) is 3.35. The van der Waals surface area contributed by atoms with E-state index in [1.165, 1.54) is 19.3 Å². The van der Waals surface area contributed by atoms with Crippen LogP contribution in [0.25, 0.3) is 16.2 Å². The minimum atomic E-state index is -0.280. The van der Waals surface area contributed by atoms with Gasteiger partial charge in [0.1, 0.15) is 11.4 Å². The zero-order valence-corrected chi connectivity index (χ0v) is 16.6. The predicted octanol–water partition coefficient (Wildman–Crippen LogP) is 4.10. The molecule has 1 amide bonds. The molecule has 4 aromatic rings. The molecule has 0 atom stereocenters. The summed E-state index contributed by atoms with van der Waals surface area (Å²) in [5.74, 6) is 0.290. The maximum Gasteiger partial charge on any atom is 0.275 e. The topological polar surface area (TPSA) is 75.4 Å². The second kappa shape index (κ2) is 7.63. The molecule has 1 aromatic carbocycles. The highest BCUT2D eigenvalue weighted by atomic mass is 32.1. The summed E-state index contributed by atoms with van der Waals surface area (Å²) in [5, 5.41) is 8.73. The third-order valence-corrected chi connectivity index (χ3v) is 5.97. The molecule has 1 aliphatic rings. The molecule has 29 heavy (non-hydrogen) atoms. The molecular weight excluding hydrogens is 384 g/mol. The van der Waals surface area contributed by atoms with E-state index < -0.39 is 0 Å². The first kappa shape index (κ1) is 17.8. The third-order valence-electron chi connectivity index (χ3n) is 5.00. The van der Waals surface area contributed by atoms with Gasteiger partial charge in [-0.3, -0.25) is 9.78 Å². The molecule has 3 aromatic heterocycles. The van der Waals surface area contributed by atoms with Crippen LogP contribution in [0.3, 0.4) is 0 Å². The van der Waals surface area contributed by atoms with E-state index in [1.54, 1.807) is 40.2 Å². The number of hydrogen-bond acceptors (Lipinski definition) is 6. The fourth-order valence-electron chi connectivity index (χ4n) is 3.53. The highest BCUT2D eigenvalue weighted by molar-refractivity contribution is 7.20. The maximum absolute atomic E-state index is 12.8. The zero-order chi connectivity index (χ0) is 19.6. The predicted molar refractivity (Wildman–Crippen MR) is 115 cm³/mol. The Bertz CT molecular complexity index is 1130. The van der Waals surface area contributed by atoms with Crippen LogP contribution >= 0.6 is 11.3 Å². The maximum atomic E-state index is 12.8. The summed E-state index contributed by atoms with van der Waals surface area (Å²) < 4.78 is 1.75. The molecule has 8 heteroatoms. The zero-order valence-electron chi connectivity index (χ0n) is 15.8. The number of aromatic nitrogens is 4. The van der Waals surface area contributed by atoms with Crippen molar-refractivity contribution in [2.45, 2.75) is 19.3 Å². The van der Waals surface area contributed by atoms with Crippen molar-refractivity contribution >= 4 is 33.2 Å². The van der Waals surface area contributed by atoms with Gasteiger partial charge in [-0.15, -0.1) is 5.10 Å². The molecule has 7 nitrogen and oxygen atoms in total. The van der Waals surface area contributed by atoms with Crippen LogP contribution in [0.2, 0.25) is 0 Å². The summed E-state index contributed by atoms with van der Waals surface area (Å²) in [6.45, 7) is 2.02. The first-order valence-electron chi connectivity index (χ1n) is 9.72. The number of anilines is 2. The smallest absolute Gasteiger partial charge is 0.275 e. The van der Waals surface area contributed by atoms with Gasteiger partial charge in [0.25, 0.3) is 5.91 Å². The van der Waals surface area contributed by atoms with Crippen molar-refractivity contribution in [2.75, 3.05) is 23.3 Å². The van der Waals surface area contributed by atoms with Gasteiger partial charge in [0.05, 0.1) is 0 Å². The fourth-order valence-corrected chi connectivity index (χ4v) is 4.48. The Morgan fingerprint density at radius 2 is 1.79 bits per heavy atom. The van der Waals surface area contributed by atoms with Crippen LogP contribution in [0.5, 0.6) is 0 Å². The first-order valence-corrected chi connectivity index (χ1v) is 10.5. The van der Waals surface area contributed by atoms with Gasteiger partial charge in [0, 0.05) is 24.8 Å². The second-order valence-corrected chi connectivity index (χ2v) is 7.91. The molecule has 0 saturated carbocycles. The van der Waals surface area contributed by atoms with Crippen LogP contribution in [0.4, 0.5) is 10.9 Å². The van der Waals surface area contributed by atoms with E-state index in [4.69, 9.17) is 10.1 Å². The van der Waals surface area contributed by atoms with Crippen LogP contribution in [0.15, 0.2) is 54.7 Å². The van der Waals surface area contributed by atoms with Crippen LogP contribution < -0.4 is 10.2 Å². The summed E-state index contributed by atoms with van der Waals surface area (Å²) in [5.41, 5.74) is 1.99. The largest absolute Gasteiger partial charge is 0.347 e. The van der Waals surface area contributed by atoms with Crippen molar-refractivity contribution in [3.63, 3.8) is 0 Å². The molecule has 146 valence electrons. The van der Waals surface area contributed by atoms with Crippen LogP contribution in [0, 0.1) is 0 Å². The molecular formula is C21H20N6OS. The number of rotatable bonds is 4. The Kier molecular flexibility index (Phi) is 4.69. The summed E-state index contributed by atoms with van der Waals surface area (Å²) in [4.78, 5) is 24.8. The number of imidazole rings is 1. The van der Waals surface area contributed by atoms with Crippen LogP contribution in [-0.2, 0) is 0 Å². The summed E-state index contributed by atoms with van der Waals surface area (Å²) >= 11 is 1.56. The van der Waals surface area contributed by atoms with Crippen molar-refractivity contribution in [1.82, 2.24) is 19.6 Å². The normalized spacial score (nSPS) is 14.3. The van der Waals surface area contributed by atoms with Gasteiger partial charge in [-0.1, -0.05) is 47.7 Å². The highest BCUT2D eigenvalue weighted by Gasteiger charge is 2.23. The van der Waals surface area contributed by atoms with Gasteiger partial charge in [0.2, 0.25) is 10.1 Å².